The molecule has 0 aliphatic carbocycles. The second kappa shape index (κ2) is 7.09. The number of nitrogens with zero attached hydrogens (tertiary/aromatic N) is 2. The first-order valence-corrected chi connectivity index (χ1v) is 6.40. The van der Waals surface area contributed by atoms with Gasteiger partial charge in [-0.25, -0.2) is 9.59 Å². The zero-order valence-corrected chi connectivity index (χ0v) is 12.0. The van der Waals surface area contributed by atoms with Crippen molar-refractivity contribution >= 4 is 18.0 Å². The van der Waals surface area contributed by atoms with Crippen molar-refractivity contribution in [3.8, 4) is 0 Å². The minimum absolute atomic E-state index is 0.207. The van der Waals surface area contributed by atoms with Gasteiger partial charge in [-0.2, -0.15) is 0 Å². The predicted octanol–water partition coefficient (Wildman–Crippen LogP) is -0.652. The van der Waals surface area contributed by atoms with Crippen LogP contribution in [0, 0.1) is 0 Å². The Morgan fingerprint density at radius 3 is 2.55 bits per heavy atom. The van der Waals surface area contributed by atoms with Crippen LogP contribution >= 0.6 is 0 Å². The van der Waals surface area contributed by atoms with Crippen LogP contribution in [0.1, 0.15) is 13.3 Å². The van der Waals surface area contributed by atoms with Gasteiger partial charge < -0.3 is 25.0 Å². The van der Waals surface area contributed by atoms with E-state index in [1.807, 2.05) is 14.0 Å². The highest BCUT2D eigenvalue weighted by Crippen LogP contribution is 2.07. The number of methoxy groups -OCH3 is 1. The highest BCUT2D eigenvalue weighted by Gasteiger charge is 2.29. The number of carbonyl (C=O) groups excluding carboxylic acids is 2. The second-order valence-electron chi connectivity index (χ2n) is 4.90. The lowest BCUT2D eigenvalue weighted by Gasteiger charge is -2.37. The highest BCUT2D eigenvalue weighted by molar-refractivity contribution is 5.86. The molecule has 1 saturated heterocycles. The Hall–Kier alpha value is -1.83. The Balaban J connectivity index is 2.58. The lowest BCUT2D eigenvalue weighted by molar-refractivity contribution is -0.147. The number of piperazine rings is 1. The fourth-order valence-electron chi connectivity index (χ4n) is 1.92. The van der Waals surface area contributed by atoms with Crippen molar-refractivity contribution in [1.82, 2.24) is 15.1 Å². The maximum Gasteiger partial charge on any atom is 0.326 e. The van der Waals surface area contributed by atoms with Crippen molar-refractivity contribution in [2.24, 2.45) is 0 Å². The van der Waals surface area contributed by atoms with Gasteiger partial charge in [0.1, 0.15) is 6.04 Å². The van der Waals surface area contributed by atoms with E-state index in [-0.39, 0.29) is 12.5 Å². The number of likely N-dealkylation sites (N-methyl/N-ethyl adjacent to an activating group) is 1. The minimum atomic E-state index is -1.27. The maximum absolute atomic E-state index is 12.0. The first-order chi connectivity index (χ1) is 9.35. The number of hydrogen-bond acceptors (Lipinski definition) is 5. The highest BCUT2D eigenvalue weighted by atomic mass is 16.5. The number of amides is 2. The van der Waals surface area contributed by atoms with Gasteiger partial charge in [0.05, 0.1) is 13.5 Å². The number of urea groups is 1. The molecule has 1 aliphatic rings. The van der Waals surface area contributed by atoms with E-state index in [0.717, 1.165) is 6.54 Å². The van der Waals surface area contributed by atoms with Crippen LogP contribution in [0.2, 0.25) is 0 Å². The fraction of sp³-hybridized carbons (Fsp3) is 0.750. The summed E-state index contributed by atoms with van der Waals surface area (Å²) >= 11 is 0. The molecule has 1 aliphatic heterocycles. The number of esters is 1. The number of carboxylic acids is 1. The summed E-state index contributed by atoms with van der Waals surface area (Å²) in [4.78, 5) is 37.8. The van der Waals surface area contributed by atoms with Crippen LogP contribution in [0.5, 0.6) is 0 Å². The third kappa shape index (κ3) is 4.37. The summed E-state index contributed by atoms with van der Waals surface area (Å²) in [5, 5.41) is 11.4. The maximum atomic E-state index is 12.0. The molecular weight excluding hydrogens is 266 g/mol. The summed E-state index contributed by atoms with van der Waals surface area (Å²) in [5.41, 5.74) is 0. The van der Waals surface area contributed by atoms with E-state index in [1.54, 1.807) is 4.90 Å². The molecule has 0 saturated carbocycles. The number of carboxylic acid groups (broad SMARTS) is 1. The molecule has 20 heavy (non-hydrogen) atoms. The molecule has 0 radical (unpaired) electrons. The molecule has 1 unspecified atom stereocenters. The van der Waals surface area contributed by atoms with Crippen LogP contribution < -0.4 is 5.32 Å². The predicted molar refractivity (Wildman–Crippen MR) is 70.3 cm³/mol. The Morgan fingerprint density at radius 2 is 2.05 bits per heavy atom. The summed E-state index contributed by atoms with van der Waals surface area (Å²) in [6.45, 7) is 3.76. The van der Waals surface area contributed by atoms with E-state index in [4.69, 9.17) is 5.11 Å². The van der Waals surface area contributed by atoms with Crippen LogP contribution in [0.15, 0.2) is 0 Å². The number of aliphatic carboxylic acids is 1. The molecule has 1 fully saturated rings. The SMILES string of the molecule is COC(=O)C[C@H](NC(=O)N1CCN(C)C(C)C1)C(=O)O. The van der Waals surface area contributed by atoms with Gasteiger partial charge in [0.25, 0.3) is 0 Å². The monoisotopic (exact) mass is 287 g/mol. The summed E-state index contributed by atoms with van der Waals surface area (Å²) in [6.07, 6.45) is -0.388. The molecule has 0 spiro atoms. The second-order valence-corrected chi connectivity index (χ2v) is 4.90. The largest absolute Gasteiger partial charge is 0.480 e. The first kappa shape index (κ1) is 16.2. The number of nitrogens with one attached hydrogen (secondary N) is 1. The Labute approximate surface area is 117 Å². The molecule has 0 aromatic heterocycles. The van der Waals surface area contributed by atoms with E-state index in [0.29, 0.717) is 13.1 Å². The summed E-state index contributed by atoms with van der Waals surface area (Å²) < 4.78 is 4.42. The lowest BCUT2D eigenvalue weighted by Crippen LogP contribution is -2.57. The van der Waals surface area contributed by atoms with Gasteiger partial charge in [0.15, 0.2) is 0 Å². The van der Waals surface area contributed by atoms with Crippen molar-refractivity contribution in [3.63, 3.8) is 0 Å². The van der Waals surface area contributed by atoms with Crippen molar-refractivity contribution in [3.05, 3.63) is 0 Å². The van der Waals surface area contributed by atoms with Crippen LogP contribution in [-0.2, 0) is 14.3 Å². The van der Waals surface area contributed by atoms with Crippen molar-refractivity contribution in [2.45, 2.75) is 25.4 Å². The van der Waals surface area contributed by atoms with E-state index in [9.17, 15) is 14.4 Å². The summed E-state index contributed by atoms with van der Waals surface area (Å²) in [5.74, 6) is -1.93. The number of ether oxygens (including phenoxy) is 1. The van der Waals surface area contributed by atoms with E-state index in [1.165, 1.54) is 7.11 Å². The molecule has 8 heteroatoms. The van der Waals surface area contributed by atoms with Gasteiger partial charge in [0, 0.05) is 25.7 Å². The zero-order chi connectivity index (χ0) is 15.3. The molecular formula is C12H21N3O5. The minimum Gasteiger partial charge on any atom is -0.480 e. The molecule has 2 N–H and O–H groups in total. The molecule has 1 heterocycles. The Kier molecular flexibility index (Phi) is 5.75. The molecule has 8 nitrogen and oxygen atoms in total. The standard InChI is InChI=1S/C12H21N3O5/c1-8-7-15(5-4-14(8)2)12(19)13-9(11(17)18)6-10(16)20-3/h8-9H,4-7H2,1-3H3,(H,13,19)(H,17,18)/t8?,9-/m0/s1. The molecule has 114 valence electrons. The molecule has 0 bridgehead atoms. The van der Waals surface area contributed by atoms with E-state index >= 15 is 0 Å². The third-order valence-corrected chi connectivity index (χ3v) is 3.44. The van der Waals surface area contributed by atoms with Gasteiger partial charge in [-0.1, -0.05) is 0 Å². The summed E-state index contributed by atoms with van der Waals surface area (Å²) in [7, 11) is 3.14. The molecule has 1 rings (SSSR count). The van der Waals surface area contributed by atoms with Gasteiger partial charge in [0.2, 0.25) is 0 Å². The van der Waals surface area contributed by atoms with E-state index < -0.39 is 24.0 Å². The fourth-order valence-corrected chi connectivity index (χ4v) is 1.92. The number of carbonyl (C=O) groups is 3. The average Bonchev–Trinajstić information content (AvgIpc) is 2.40. The molecule has 2 amide bonds. The van der Waals surface area contributed by atoms with Crippen LogP contribution in [0.4, 0.5) is 4.79 Å². The molecule has 2 atom stereocenters. The number of rotatable bonds is 4. The van der Waals surface area contributed by atoms with E-state index in [2.05, 4.69) is 15.0 Å². The van der Waals surface area contributed by atoms with Crippen molar-refractivity contribution in [1.29, 1.82) is 0 Å². The first-order valence-electron chi connectivity index (χ1n) is 6.40. The summed E-state index contributed by atoms with van der Waals surface area (Å²) in [6, 6.07) is -1.54. The average molecular weight is 287 g/mol. The van der Waals surface area contributed by atoms with Crippen molar-refractivity contribution < 1.29 is 24.2 Å². The quantitative estimate of drug-likeness (QED) is 0.667. The van der Waals surface area contributed by atoms with Gasteiger partial charge >= 0.3 is 18.0 Å². The van der Waals surface area contributed by atoms with Crippen LogP contribution in [0.25, 0.3) is 0 Å². The van der Waals surface area contributed by atoms with Crippen LogP contribution in [-0.4, -0.2) is 78.8 Å². The Morgan fingerprint density at radius 1 is 1.40 bits per heavy atom. The van der Waals surface area contributed by atoms with Crippen LogP contribution in [0.3, 0.4) is 0 Å². The topological polar surface area (TPSA) is 99.2 Å². The van der Waals surface area contributed by atoms with Gasteiger partial charge in [-0.15, -0.1) is 0 Å². The van der Waals surface area contributed by atoms with Gasteiger partial charge in [-0.3, -0.25) is 4.79 Å². The molecule has 0 aromatic rings. The smallest absolute Gasteiger partial charge is 0.326 e. The van der Waals surface area contributed by atoms with Gasteiger partial charge in [-0.05, 0) is 14.0 Å². The lowest BCUT2D eigenvalue weighted by atomic mass is 10.2. The zero-order valence-electron chi connectivity index (χ0n) is 12.0. The van der Waals surface area contributed by atoms with Crippen molar-refractivity contribution in [2.75, 3.05) is 33.8 Å². The molecule has 0 aromatic carbocycles. The third-order valence-electron chi connectivity index (χ3n) is 3.44. The number of hydrogen-bond donors (Lipinski definition) is 2. The Bertz CT molecular complexity index is 387. The normalized spacial score (nSPS) is 21.1.